The quantitative estimate of drug-likeness (QED) is 0.685. The maximum atomic E-state index is 11.0. The zero-order valence-electron chi connectivity index (χ0n) is 7.99. The lowest BCUT2D eigenvalue weighted by Gasteiger charge is -2.30. The van der Waals surface area contributed by atoms with Gasteiger partial charge in [-0.25, -0.2) is 13.1 Å². The first kappa shape index (κ1) is 10.9. The molecular weight excluding hydrogens is 188 g/mol. The predicted octanol–water partition coefficient (Wildman–Crippen LogP) is 0.0531. The summed E-state index contributed by atoms with van der Waals surface area (Å²) < 4.78 is 24.7. The van der Waals surface area contributed by atoms with E-state index in [2.05, 4.69) is 4.72 Å². The van der Waals surface area contributed by atoms with Crippen LogP contribution >= 0.6 is 0 Å². The van der Waals surface area contributed by atoms with E-state index in [9.17, 15) is 8.42 Å². The van der Waals surface area contributed by atoms with Crippen LogP contribution in [0.5, 0.6) is 0 Å². The summed E-state index contributed by atoms with van der Waals surface area (Å²) >= 11 is 0. The van der Waals surface area contributed by atoms with Gasteiger partial charge < -0.3 is 5.73 Å². The highest BCUT2D eigenvalue weighted by Crippen LogP contribution is 2.23. The first-order valence-corrected chi connectivity index (χ1v) is 6.59. The van der Waals surface area contributed by atoms with Gasteiger partial charge in [-0.1, -0.05) is 12.8 Å². The third-order valence-electron chi connectivity index (χ3n) is 2.58. The first-order chi connectivity index (χ1) is 6.03. The van der Waals surface area contributed by atoms with Gasteiger partial charge in [-0.05, 0) is 25.3 Å². The molecule has 78 valence electrons. The Kier molecular flexibility index (Phi) is 3.70. The fourth-order valence-corrected chi connectivity index (χ4v) is 2.78. The minimum absolute atomic E-state index is 0.0637. The van der Waals surface area contributed by atoms with Gasteiger partial charge in [0.2, 0.25) is 10.0 Å². The van der Waals surface area contributed by atoms with Crippen LogP contribution in [0.15, 0.2) is 0 Å². The molecule has 13 heavy (non-hydrogen) atoms. The Bertz CT molecular complexity index is 251. The summed E-state index contributed by atoms with van der Waals surface area (Å²) in [6, 6.07) is 0.0637. The molecular formula is C8H18N2O2S. The maximum Gasteiger partial charge on any atom is 0.208 e. The number of sulfonamides is 1. The second-order valence-corrected chi connectivity index (χ2v) is 5.56. The SMILES string of the molecule is CS(=O)(=O)NC1CCCCC1CN. The molecule has 1 fully saturated rings. The lowest BCUT2D eigenvalue weighted by atomic mass is 9.85. The summed E-state index contributed by atoms with van der Waals surface area (Å²) in [6.45, 7) is 0.577. The Morgan fingerprint density at radius 1 is 1.38 bits per heavy atom. The molecule has 1 saturated carbocycles. The van der Waals surface area contributed by atoms with Crippen molar-refractivity contribution in [2.75, 3.05) is 12.8 Å². The van der Waals surface area contributed by atoms with E-state index < -0.39 is 10.0 Å². The summed E-state index contributed by atoms with van der Waals surface area (Å²) in [4.78, 5) is 0. The number of nitrogens with one attached hydrogen (secondary N) is 1. The largest absolute Gasteiger partial charge is 0.330 e. The van der Waals surface area contributed by atoms with E-state index in [1.165, 1.54) is 12.7 Å². The van der Waals surface area contributed by atoms with Crippen LogP contribution in [0.2, 0.25) is 0 Å². The van der Waals surface area contributed by atoms with Crippen LogP contribution in [0.3, 0.4) is 0 Å². The van der Waals surface area contributed by atoms with Crippen LogP contribution in [0.4, 0.5) is 0 Å². The van der Waals surface area contributed by atoms with Gasteiger partial charge in [0.25, 0.3) is 0 Å². The lowest BCUT2D eigenvalue weighted by Crippen LogP contribution is -2.44. The summed E-state index contributed by atoms with van der Waals surface area (Å²) in [5.74, 6) is 0.323. The second-order valence-electron chi connectivity index (χ2n) is 3.78. The van der Waals surface area contributed by atoms with E-state index in [-0.39, 0.29) is 6.04 Å². The molecule has 0 saturated heterocycles. The molecule has 0 aromatic heterocycles. The van der Waals surface area contributed by atoms with Gasteiger partial charge in [-0.2, -0.15) is 0 Å². The van der Waals surface area contributed by atoms with Crippen molar-refractivity contribution in [3.63, 3.8) is 0 Å². The molecule has 2 atom stereocenters. The van der Waals surface area contributed by atoms with Crippen LogP contribution in [-0.2, 0) is 10.0 Å². The topological polar surface area (TPSA) is 72.2 Å². The van der Waals surface area contributed by atoms with Crippen LogP contribution in [-0.4, -0.2) is 27.3 Å². The summed E-state index contributed by atoms with van der Waals surface area (Å²) in [6.07, 6.45) is 5.45. The molecule has 0 amide bonds. The second kappa shape index (κ2) is 4.39. The Morgan fingerprint density at radius 3 is 2.54 bits per heavy atom. The highest BCUT2D eigenvalue weighted by atomic mass is 32.2. The number of rotatable bonds is 3. The molecule has 4 nitrogen and oxygen atoms in total. The van der Waals surface area contributed by atoms with Crippen molar-refractivity contribution in [3.05, 3.63) is 0 Å². The number of hydrogen-bond donors (Lipinski definition) is 2. The highest BCUT2D eigenvalue weighted by Gasteiger charge is 2.25. The van der Waals surface area contributed by atoms with Crippen LogP contribution < -0.4 is 10.5 Å². The van der Waals surface area contributed by atoms with E-state index in [0.29, 0.717) is 12.5 Å². The summed E-state index contributed by atoms with van der Waals surface area (Å²) in [7, 11) is -3.07. The van der Waals surface area contributed by atoms with Crippen molar-refractivity contribution in [2.24, 2.45) is 11.7 Å². The minimum atomic E-state index is -3.07. The van der Waals surface area contributed by atoms with Crippen LogP contribution in [0, 0.1) is 5.92 Å². The van der Waals surface area contributed by atoms with Crippen LogP contribution in [0.25, 0.3) is 0 Å². The number of nitrogens with two attached hydrogens (primary N) is 1. The monoisotopic (exact) mass is 206 g/mol. The zero-order chi connectivity index (χ0) is 9.90. The standard InChI is InChI=1S/C8H18N2O2S/c1-13(11,12)10-8-5-3-2-4-7(8)6-9/h7-8,10H,2-6,9H2,1H3. The van der Waals surface area contributed by atoms with Crippen molar-refractivity contribution < 1.29 is 8.42 Å². The first-order valence-electron chi connectivity index (χ1n) is 4.70. The molecule has 3 N–H and O–H groups in total. The van der Waals surface area contributed by atoms with E-state index >= 15 is 0 Å². The van der Waals surface area contributed by atoms with E-state index in [1.54, 1.807) is 0 Å². The minimum Gasteiger partial charge on any atom is -0.330 e. The molecule has 0 aromatic carbocycles. The smallest absolute Gasteiger partial charge is 0.208 e. The van der Waals surface area contributed by atoms with Gasteiger partial charge in [-0.15, -0.1) is 0 Å². The summed E-state index contributed by atoms with van der Waals surface area (Å²) in [5, 5.41) is 0. The van der Waals surface area contributed by atoms with Crippen molar-refractivity contribution in [1.82, 2.24) is 4.72 Å². The average molecular weight is 206 g/mol. The van der Waals surface area contributed by atoms with Gasteiger partial charge in [0.05, 0.1) is 6.26 Å². The Balaban J connectivity index is 2.55. The third kappa shape index (κ3) is 3.62. The molecule has 0 spiro atoms. The third-order valence-corrected chi connectivity index (χ3v) is 3.31. The van der Waals surface area contributed by atoms with E-state index in [1.807, 2.05) is 0 Å². The maximum absolute atomic E-state index is 11.0. The molecule has 0 bridgehead atoms. The molecule has 5 heteroatoms. The molecule has 1 aliphatic rings. The molecule has 2 unspecified atom stereocenters. The van der Waals surface area contributed by atoms with Crippen LogP contribution in [0.1, 0.15) is 25.7 Å². The van der Waals surface area contributed by atoms with Crippen molar-refractivity contribution in [1.29, 1.82) is 0 Å². The number of hydrogen-bond acceptors (Lipinski definition) is 3. The van der Waals surface area contributed by atoms with Crippen molar-refractivity contribution in [2.45, 2.75) is 31.7 Å². The fraction of sp³-hybridized carbons (Fsp3) is 1.00. The van der Waals surface area contributed by atoms with Crippen molar-refractivity contribution in [3.8, 4) is 0 Å². The molecule has 1 rings (SSSR count). The predicted molar refractivity (Wildman–Crippen MR) is 52.8 cm³/mol. The Hall–Kier alpha value is -0.130. The lowest BCUT2D eigenvalue weighted by molar-refractivity contribution is 0.296. The van der Waals surface area contributed by atoms with Gasteiger partial charge in [0.15, 0.2) is 0 Å². The van der Waals surface area contributed by atoms with Crippen molar-refractivity contribution >= 4 is 10.0 Å². The fourth-order valence-electron chi connectivity index (χ4n) is 1.92. The molecule has 0 aliphatic heterocycles. The normalized spacial score (nSPS) is 30.3. The Labute approximate surface area is 79.9 Å². The molecule has 0 aromatic rings. The van der Waals surface area contributed by atoms with E-state index in [0.717, 1.165) is 19.3 Å². The molecule has 0 heterocycles. The van der Waals surface area contributed by atoms with Gasteiger partial charge >= 0.3 is 0 Å². The average Bonchev–Trinajstić information content (AvgIpc) is 2.02. The van der Waals surface area contributed by atoms with Gasteiger partial charge in [0, 0.05) is 6.04 Å². The Morgan fingerprint density at radius 2 is 2.00 bits per heavy atom. The summed E-state index contributed by atoms with van der Waals surface area (Å²) in [5.41, 5.74) is 5.58. The van der Waals surface area contributed by atoms with E-state index in [4.69, 9.17) is 5.73 Å². The molecule has 0 radical (unpaired) electrons. The zero-order valence-corrected chi connectivity index (χ0v) is 8.81. The molecule has 1 aliphatic carbocycles. The highest BCUT2D eigenvalue weighted by molar-refractivity contribution is 7.88. The van der Waals surface area contributed by atoms with Gasteiger partial charge in [-0.3, -0.25) is 0 Å². The van der Waals surface area contributed by atoms with Gasteiger partial charge in [0.1, 0.15) is 0 Å².